The number of benzene rings is 2. The van der Waals surface area contributed by atoms with Crippen LogP contribution in [-0.4, -0.2) is 45.9 Å². The number of fused-ring (bicyclic) bond motifs is 2. The number of carbonyl (C=O) groups excluding carboxylic acids is 3. The van der Waals surface area contributed by atoms with Crippen LogP contribution in [0.3, 0.4) is 0 Å². The third kappa shape index (κ3) is 7.11. The fourth-order valence-corrected chi connectivity index (χ4v) is 5.23. The molecule has 2 aromatic heterocycles. The summed E-state index contributed by atoms with van der Waals surface area (Å²) >= 11 is 2.59. The van der Waals surface area contributed by atoms with Crippen LogP contribution in [0.15, 0.2) is 48.5 Å². The Hall–Kier alpha value is -3.76. The van der Waals surface area contributed by atoms with Gasteiger partial charge in [-0.2, -0.15) is 0 Å². The summed E-state index contributed by atoms with van der Waals surface area (Å²) in [7, 11) is 1.30. The molecule has 2 aromatic carbocycles. The molecule has 0 unspecified atom stereocenters. The summed E-state index contributed by atoms with van der Waals surface area (Å²) in [6.45, 7) is 0. The molecule has 0 fully saturated rings. The fourth-order valence-electron chi connectivity index (χ4n) is 3.10. The van der Waals surface area contributed by atoms with Crippen LogP contribution in [0.25, 0.3) is 20.2 Å². The molecule has 4 rings (SSSR count). The molecule has 0 bridgehead atoms. The third-order valence-corrected chi connectivity index (χ3v) is 7.18. The highest BCUT2D eigenvalue weighted by Crippen LogP contribution is 2.30. The van der Waals surface area contributed by atoms with E-state index in [4.69, 9.17) is 5.11 Å². The molecule has 0 aliphatic carbocycles. The molecule has 0 radical (unpaired) electrons. The monoisotopic (exact) mass is 514 g/mol. The Balaban J connectivity index is 0.000000196. The van der Waals surface area contributed by atoms with Crippen molar-refractivity contribution in [1.82, 2.24) is 0 Å². The first-order valence-electron chi connectivity index (χ1n) is 10.5. The van der Waals surface area contributed by atoms with Gasteiger partial charge < -0.3 is 20.1 Å². The van der Waals surface area contributed by atoms with Gasteiger partial charge in [-0.05, 0) is 59.3 Å². The van der Waals surface area contributed by atoms with Crippen molar-refractivity contribution < 1.29 is 39.2 Å². The minimum Gasteiger partial charge on any atom is -0.508 e. The number of carboxylic acid groups (broad SMARTS) is 1. The van der Waals surface area contributed by atoms with Crippen LogP contribution < -0.4 is 0 Å². The Morgan fingerprint density at radius 1 is 0.714 bits per heavy atom. The van der Waals surface area contributed by atoms with E-state index in [1.807, 2.05) is 0 Å². The van der Waals surface area contributed by atoms with Crippen molar-refractivity contribution in [3.8, 4) is 11.5 Å². The van der Waals surface area contributed by atoms with Gasteiger partial charge in [-0.15, -0.1) is 22.7 Å². The van der Waals surface area contributed by atoms with Crippen molar-refractivity contribution in [2.45, 2.75) is 25.7 Å². The number of hydrogen-bond acceptors (Lipinski definition) is 9. The van der Waals surface area contributed by atoms with E-state index in [0.717, 1.165) is 20.2 Å². The SMILES string of the molecule is COC(=O)CCC(=O)c1cc2ccc(O)cc2s1.O=C(O)CCC(=O)c1cc2ccc(O)cc2s1. The molecule has 0 saturated carbocycles. The molecule has 0 saturated heterocycles. The molecule has 8 nitrogen and oxygen atoms in total. The van der Waals surface area contributed by atoms with Crippen molar-refractivity contribution in [3.63, 3.8) is 0 Å². The second-order valence-corrected chi connectivity index (χ2v) is 9.65. The molecule has 0 amide bonds. The number of aliphatic carboxylic acids is 1. The first kappa shape index (κ1) is 25.9. The number of aromatic hydroxyl groups is 2. The number of ether oxygens (including phenoxy) is 1. The standard InChI is InChI=1S/C13H12O4S.C12H10O4S/c1-17-13(16)5-4-10(15)12-6-8-2-3-9(14)7-11(8)18-12;13-8-2-1-7-5-11(17-10(7)6-8)9(14)3-4-12(15)16/h2-3,6-7,14H,4-5H2,1H3;1-2,5-6,13H,3-4H2,(H,15,16). The van der Waals surface area contributed by atoms with E-state index in [9.17, 15) is 29.4 Å². The molecule has 3 N–H and O–H groups in total. The number of carbonyl (C=O) groups is 4. The highest BCUT2D eigenvalue weighted by molar-refractivity contribution is 7.21. The van der Waals surface area contributed by atoms with Gasteiger partial charge in [0.15, 0.2) is 11.6 Å². The van der Waals surface area contributed by atoms with Crippen LogP contribution in [0.2, 0.25) is 0 Å². The van der Waals surface area contributed by atoms with Crippen LogP contribution in [0, 0.1) is 0 Å². The number of carboxylic acids is 1. The smallest absolute Gasteiger partial charge is 0.305 e. The second kappa shape index (κ2) is 11.6. The minimum absolute atomic E-state index is 0.00807. The zero-order valence-corrected chi connectivity index (χ0v) is 20.3. The van der Waals surface area contributed by atoms with Crippen LogP contribution in [0.4, 0.5) is 0 Å². The largest absolute Gasteiger partial charge is 0.508 e. The molecule has 35 heavy (non-hydrogen) atoms. The number of rotatable bonds is 8. The molecular formula is C25H22O8S2. The van der Waals surface area contributed by atoms with E-state index in [2.05, 4.69) is 4.74 Å². The van der Waals surface area contributed by atoms with Gasteiger partial charge in [0.25, 0.3) is 0 Å². The number of ketones is 2. The minimum atomic E-state index is -0.975. The predicted octanol–water partition coefficient (Wildman–Crippen LogP) is 5.40. The first-order valence-corrected chi connectivity index (χ1v) is 12.1. The lowest BCUT2D eigenvalue weighted by molar-refractivity contribution is -0.140. The topological polar surface area (TPSA) is 138 Å². The average Bonchev–Trinajstić information content (AvgIpc) is 3.44. The van der Waals surface area contributed by atoms with Gasteiger partial charge in [0.1, 0.15) is 11.5 Å². The number of hydrogen-bond donors (Lipinski definition) is 3. The number of Topliss-reactive ketones (excluding diaryl/α,β-unsaturated/α-hetero) is 2. The van der Waals surface area contributed by atoms with E-state index in [1.54, 1.807) is 48.5 Å². The Kier molecular flexibility index (Phi) is 8.56. The number of methoxy groups -OCH3 is 1. The Bertz CT molecular complexity index is 1400. The molecule has 0 spiro atoms. The lowest BCUT2D eigenvalue weighted by Crippen LogP contribution is -2.04. The fraction of sp³-hybridized carbons (Fsp3) is 0.200. The summed E-state index contributed by atoms with van der Waals surface area (Å²) in [4.78, 5) is 46.0. The number of esters is 1. The van der Waals surface area contributed by atoms with Crippen molar-refractivity contribution in [2.24, 2.45) is 0 Å². The van der Waals surface area contributed by atoms with Gasteiger partial charge in [-0.1, -0.05) is 0 Å². The van der Waals surface area contributed by atoms with Gasteiger partial charge in [0.2, 0.25) is 0 Å². The highest BCUT2D eigenvalue weighted by Gasteiger charge is 2.13. The maximum atomic E-state index is 11.9. The lowest BCUT2D eigenvalue weighted by Gasteiger charge is -1.96. The molecule has 182 valence electrons. The second-order valence-electron chi connectivity index (χ2n) is 7.48. The van der Waals surface area contributed by atoms with Gasteiger partial charge in [-0.25, -0.2) is 0 Å². The van der Waals surface area contributed by atoms with Crippen molar-refractivity contribution >= 4 is 66.4 Å². The quantitative estimate of drug-likeness (QED) is 0.210. The first-order chi connectivity index (χ1) is 16.7. The number of thiophene rings is 2. The highest BCUT2D eigenvalue weighted by atomic mass is 32.1. The summed E-state index contributed by atoms with van der Waals surface area (Å²) < 4.78 is 6.17. The van der Waals surface area contributed by atoms with Crippen LogP contribution in [0.5, 0.6) is 11.5 Å². The number of phenolic OH excluding ortho intramolecular Hbond substituents is 2. The Morgan fingerprint density at radius 2 is 1.17 bits per heavy atom. The molecular weight excluding hydrogens is 492 g/mol. The third-order valence-electron chi connectivity index (χ3n) is 4.91. The van der Waals surface area contributed by atoms with E-state index in [-0.39, 0.29) is 54.7 Å². The van der Waals surface area contributed by atoms with Crippen LogP contribution in [0.1, 0.15) is 45.0 Å². The summed E-state index contributed by atoms with van der Waals surface area (Å²) in [6.07, 6.45) is 0.0901. The van der Waals surface area contributed by atoms with Crippen molar-refractivity contribution in [1.29, 1.82) is 0 Å². The van der Waals surface area contributed by atoms with Crippen molar-refractivity contribution in [3.05, 3.63) is 58.3 Å². The Labute approximate surface area is 208 Å². The summed E-state index contributed by atoms with van der Waals surface area (Å²) in [6, 6.07) is 13.3. The van der Waals surface area contributed by atoms with E-state index in [1.165, 1.54) is 29.8 Å². The van der Waals surface area contributed by atoms with E-state index >= 15 is 0 Å². The molecule has 2 heterocycles. The Morgan fingerprint density at radius 3 is 1.60 bits per heavy atom. The van der Waals surface area contributed by atoms with Crippen LogP contribution >= 0.6 is 22.7 Å². The molecule has 0 aliphatic rings. The van der Waals surface area contributed by atoms with Gasteiger partial charge >= 0.3 is 11.9 Å². The zero-order chi connectivity index (χ0) is 25.5. The van der Waals surface area contributed by atoms with Crippen molar-refractivity contribution in [2.75, 3.05) is 7.11 Å². The summed E-state index contributed by atoms with van der Waals surface area (Å²) in [5, 5.41) is 28.9. The molecule has 4 aromatic rings. The van der Waals surface area contributed by atoms with Gasteiger partial charge in [0, 0.05) is 22.2 Å². The lowest BCUT2D eigenvalue weighted by atomic mass is 10.1. The van der Waals surface area contributed by atoms with Gasteiger partial charge in [0.05, 0.1) is 29.7 Å². The normalized spacial score (nSPS) is 10.5. The molecule has 10 heteroatoms. The summed E-state index contributed by atoms with van der Waals surface area (Å²) in [5.41, 5.74) is 0. The maximum absolute atomic E-state index is 11.9. The molecule has 0 atom stereocenters. The maximum Gasteiger partial charge on any atom is 0.305 e. The van der Waals surface area contributed by atoms with E-state index < -0.39 is 5.97 Å². The predicted molar refractivity (Wildman–Crippen MR) is 134 cm³/mol. The van der Waals surface area contributed by atoms with Crippen LogP contribution in [-0.2, 0) is 14.3 Å². The zero-order valence-electron chi connectivity index (χ0n) is 18.6. The number of phenols is 2. The van der Waals surface area contributed by atoms with Gasteiger partial charge in [-0.3, -0.25) is 19.2 Å². The summed E-state index contributed by atoms with van der Waals surface area (Å²) in [5.74, 6) is -1.28. The average molecular weight is 515 g/mol. The molecule has 0 aliphatic heterocycles. The van der Waals surface area contributed by atoms with E-state index in [0.29, 0.717) is 9.75 Å².